The number of anilines is 1. The lowest BCUT2D eigenvalue weighted by Crippen LogP contribution is -2.28. The average molecular weight is 366 g/mol. The summed E-state index contributed by atoms with van der Waals surface area (Å²) in [5.74, 6) is 1.93. The monoisotopic (exact) mass is 366 g/mol. The number of rotatable bonds is 7. The number of ether oxygens (including phenoxy) is 1. The zero-order chi connectivity index (χ0) is 19.2. The van der Waals surface area contributed by atoms with Crippen LogP contribution in [-0.2, 0) is 0 Å². The molecule has 1 amide bonds. The molecule has 0 bridgehead atoms. The Morgan fingerprint density at radius 3 is 2.74 bits per heavy atom. The van der Waals surface area contributed by atoms with Crippen LogP contribution in [0.25, 0.3) is 5.82 Å². The maximum absolute atomic E-state index is 12.2. The highest BCUT2D eigenvalue weighted by Gasteiger charge is 2.08. The summed E-state index contributed by atoms with van der Waals surface area (Å²) in [7, 11) is 1.57. The summed E-state index contributed by atoms with van der Waals surface area (Å²) in [5, 5.41) is 6.05. The van der Waals surface area contributed by atoms with E-state index in [-0.39, 0.29) is 5.91 Å². The maximum Gasteiger partial charge on any atom is 0.251 e. The molecule has 0 aliphatic rings. The minimum atomic E-state index is -0.149. The van der Waals surface area contributed by atoms with Crippen LogP contribution in [0.3, 0.4) is 0 Å². The summed E-state index contributed by atoms with van der Waals surface area (Å²) in [5.41, 5.74) is 2.55. The number of amides is 1. The number of aromatic nitrogens is 4. The van der Waals surface area contributed by atoms with Crippen LogP contribution in [0.5, 0.6) is 5.75 Å². The van der Waals surface area contributed by atoms with E-state index >= 15 is 0 Å². The van der Waals surface area contributed by atoms with Crippen molar-refractivity contribution in [2.24, 2.45) is 0 Å². The van der Waals surface area contributed by atoms with Gasteiger partial charge in [0.1, 0.15) is 30.0 Å². The first-order chi connectivity index (χ1) is 13.1. The number of carbonyl (C=O) groups excluding carboxylic acids is 1. The van der Waals surface area contributed by atoms with Crippen LogP contribution in [-0.4, -0.2) is 45.6 Å². The van der Waals surface area contributed by atoms with Gasteiger partial charge in [-0.1, -0.05) is 6.07 Å². The van der Waals surface area contributed by atoms with Gasteiger partial charge in [0.05, 0.1) is 12.8 Å². The number of imidazole rings is 1. The second-order valence-electron chi connectivity index (χ2n) is 5.96. The van der Waals surface area contributed by atoms with Gasteiger partial charge in [-0.15, -0.1) is 0 Å². The number of carbonyl (C=O) groups is 1. The fourth-order valence-corrected chi connectivity index (χ4v) is 2.54. The van der Waals surface area contributed by atoms with Gasteiger partial charge in [0.2, 0.25) is 0 Å². The zero-order valence-electron chi connectivity index (χ0n) is 15.6. The number of nitrogens with one attached hydrogen (secondary N) is 2. The zero-order valence-corrected chi connectivity index (χ0v) is 15.6. The van der Waals surface area contributed by atoms with E-state index in [1.165, 1.54) is 6.33 Å². The maximum atomic E-state index is 12.2. The lowest BCUT2D eigenvalue weighted by Gasteiger charge is -2.10. The van der Waals surface area contributed by atoms with Crippen molar-refractivity contribution < 1.29 is 9.53 Å². The molecule has 0 atom stereocenters. The molecule has 2 heterocycles. The number of methoxy groups -OCH3 is 1. The van der Waals surface area contributed by atoms with E-state index in [0.29, 0.717) is 30.2 Å². The average Bonchev–Trinajstić information content (AvgIpc) is 3.04. The van der Waals surface area contributed by atoms with Crippen molar-refractivity contribution in [2.75, 3.05) is 25.5 Å². The van der Waals surface area contributed by atoms with Gasteiger partial charge in [-0.2, -0.15) is 0 Å². The van der Waals surface area contributed by atoms with Gasteiger partial charge in [-0.25, -0.2) is 15.0 Å². The summed E-state index contributed by atoms with van der Waals surface area (Å²) < 4.78 is 7.04. The minimum absolute atomic E-state index is 0.149. The summed E-state index contributed by atoms with van der Waals surface area (Å²) in [4.78, 5) is 25.0. The van der Waals surface area contributed by atoms with Crippen molar-refractivity contribution >= 4 is 11.7 Å². The van der Waals surface area contributed by atoms with Crippen LogP contribution >= 0.6 is 0 Å². The molecular weight excluding hydrogens is 344 g/mol. The molecule has 0 saturated heterocycles. The van der Waals surface area contributed by atoms with E-state index in [2.05, 4.69) is 25.6 Å². The van der Waals surface area contributed by atoms with E-state index in [0.717, 1.165) is 17.2 Å². The van der Waals surface area contributed by atoms with E-state index in [1.807, 2.05) is 24.5 Å². The topological polar surface area (TPSA) is 94.0 Å². The van der Waals surface area contributed by atoms with Crippen molar-refractivity contribution in [1.82, 2.24) is 24.8 Å². The minimum Gasteiger partial charge on any atom is -0.497 e. The summed E-state index contributed by atoms with van der Waals surface area (Å²) in [6.45, 7) is 4.94. The Hall–Kier alpha value is -3.42. The van der Waals surface area contributed by atoms with Gasteiger partial charge in [-0.05, 0) is 32.0 Å². The Morgan fingerprint density at radius 2 is 2.00 bits per heavy atom. The third-order valence-electron chi connectivity index (χ3n) is 4.20. The molecule has 1 aromatic carbocycles. The summed E-state index contributed by atoms with van der Waals surface area (Å²) >= 11 is 0. The van der Waals surface area contributed by atoms with E-state index in [4.69, 9.17) is 4.74 Å². The predicted molar refractivity (Wildman–Crippen MR) is 102 cm³/mol. The Bertz CT molecular complexity index is 937. The Kier molecular flexibility index (Phi) is 5.65. The lowest BCUT2D eigenvalue weighted by molar-refractivity contribution is 0.0955. The second kappa shape index (κ2) is 8.31. The van der Waals surface area contributed by atoms with Crippen molar-refractivity contribution in [2.45, 2.75) is 13.8 Å². The third-order valence-corrected chi connectivity index (χ3v) is 4.20. The molecule has 0 aliphatic heterocycles. The van der Waals surface area contributed by atoms with E-state index < -0.39 is 0 Å². The number of hydrogen-bond donors (Lipinski definition) is 2. The smallest absolute Gasteiger partial charge is 0.251 e. The van der Waals surface area contributed by atoms with Crippen molar-refractivity contribution in [1.29, 1.82) is 0 Å². The molecule has 3 aromatic rings. The van der Waals surface area contributed by atoms with Crippen LogP contribution in [0.1, 0.15) is 21.7 Å². The Morgan fingerprint density at radius 1 is 1.15 bits per heavy atom. The molecule has 0 radical (unpaired) electrons. The molecule has 8 nitrogen and oxygen atoms in total. The molecule has 8 heteroatoms. The number of nitrogens with zero attached hydrogens (tertiary/aromatic N) is 4. The number of hydrogen-bond acceptors (Lipinski definition) is 6. The molecule has 0 aliphatic carbocycles. The molecule has 2 aromatic heterocycles. The highest BCUT2D eigenvalue weighted by Crippen LogP contribution is 2.14. The summed E-state index contributed by atoms with van der Waals surface area (Å²) in [6.07, 6.45) is 3.24. The molecule has 0 spiro atoms. The van der Waals surface area contributed by atoms with Gasteiger partial charge in [0, 0.05) is 30.4 Å². The standard InChI is InChI=1S/C19H22N6O2/c1-13-14(2)25(12-24-13)18-10-17(22-11-23-18)20-7-8-21-19(26)15-5-4-6-16(9-15)27-3/h4-6,9-12H,7-8H2,1-3H3,(H,21,26)(H,20,22,23). The van der Waals surface area contributed by atoms with Crippen molar-refractivity contribution in [3.8, 4) is 11.6 Å². The first-order valence-electron chi connectivity index (χ1n) is 8.57. The molecule has 0 fully saturated rings. The van der Waals surface area contributed by atoms with Gasteiger partial charge in [-0.3, -0.25) is 9.36 Å². The van der Waals surface area contributed by atoms with Crippen LogP contribution in [0.4, 0.5) is 5.82 Å². The van der Waals surface area contributed by atoms with Crippen LogP contribution in [0.15, 0.2) is 43.0 Å². The lowest BCUT2D eigenvalue weighted by atomic mass is 10.2. The van der Waals surface area contributed by atoms with Gasteiger partial charge < -0.3 is 15.4 Å². The first kappa shape index (κ1) is 18.4. The molecule has 27 heavy (non-hydrogen) atoms. The molecular formula is C19H22N6O2. The quantitative estimate of drug-likeness (QED) is 0.622. The Balaban J connectivity index is 1.54. The predicted octanol–water partition coefficient (Wildman–Crippen LogP) is 2.13. The normalized spacial score (nSPS) is 10.5. The van der Waals surface area contributed by atoms with E-state index in [1.54, 1.807) is 37.7 Å². The van der Waals surface area contributed by atoms with Crippen LogP contribution < -0.4 is 15.4 Å². The highest BCUT2D eigenvalue weighted by molar-refractivity contribution is 5.94. The Labute approximate surface area is 157 Å². The van der Waals surface area contributed by atoms with E-state index in [9.17, 15) is 4.79 Å². The molecule has 3 rings (SSSR count). The molecule has 0 unspecified atom stereocenters. The number of benzene rings is 1. The fraction of sp³-hybridized carbons (Fsp3) is 0.263. The first-order valence-corrected chi connectivity index (χ1v) is 8.57. The van der Waals surface area contributed by atoms with Crippen molar-refractivity contribution in [3.63, 3.8) is 0 Å². The van der Waals surface area contributed by atoms with Gasteiger partial charge >= 0.3 is 0 Å². The van der Waals surface area contributed by atoms with Crippen LogP contribution in [0, 0.1) is 13.8 Å². The van der Waals surface area contributed by atoms with Crippen LogP contribution in [0.2, 0.25) is 0 Å². The highest BCUT2D eigenvalue weighted by atomic mass is 16.5. The van der Waals surface area contributed by atoms with Gasteiger partial charge in [0.25, 0.3) is 5.91 Å². The molecule has 140 valence electrons. The third kappa shape index (κ3) is 4.41. The largest absolute Gasteiger partial charge is 0.497 e. The summed E-state index contributed by atoms with van der Waals surface area (Å²) in [6, 6.07) is 8.88. The van der Waals surface area contributed by atoms with Gasteiger partial charge in [0.15, 0.2) is 0 Å². The molecule has 2 N–H and O–H groups in total. The SMILES string of the molecule is COc1cccc(C(=O)NCCNc2cc(-n3cnc(C)c3C)ncn2)c1. The number of aryl methyl sites for hydroxylation is 1. The second-order valence-corrected chi connectivity index (χ2v) is 5.96. The van der Waals surface area contributed by atoms with Crippen molar-refractivity contribution in [3.05, 3.63) is 59.9 Å². The fourth-order valence-electron chi connectivity index (χ4n) is 2.54. The molecule has 0 saturated carbocycles.